The zero-order valence-corrected chi connectivity index (χ0v) is 77.5. The first-order valence-electron chi connectivity index (χ1n) is 43.8. The topological polar surface area (TPSA) is 105 Å². The lowest BCUT2D eigenvalue weighted by Gasteiger charge is -2.33. The van der Waals surface area contributed by atoms with Crippen molar-refractivity contribution < 1.29 is 0 Å². The van der Waals surface area contributed by atoms with Crippen LogP contribution >= 0.6 is 46.4 Å². The van der Waals surface area contributed by atoms with E-state index in [-0.39, 0.29) is 0 Å². The summed E-state index contributed by atoms with van der Waals surface area (Å²) in [5.41, 5.74) is 33.7. The van der Waals surface area contributed by atoms with E-state index in [0.29, 0.717) is 18.1 Å². The van der Waals surface area contributed by atoms with E-state index < -0.39 is 0 Å². The molecular formula is C106H113Cl4N15. The van der Waals surface area contributed by atoms with Gasteiger partial charge in [-0.2, -0.15) is 0 Å². The molecule has 15 nitrogen and oxygen atoms in total. The minimum Gasteiger partial charge on any atom is -0.318 e. The summed E-state index contributed by atoms with van der Waals surface area (Å²) in [6.07, 6.45) is 37.4. The third-order valence-corrected chi connectivity index (χ3v) is 27.0. The molecule has 0 spiro atoms. The number of rotatable bonds is 12. The van der Waals surface area contributed by atoms with Crippen LogP contribution in [-0.4, -0.2) is 140 Å². The molecule has 640 valence electrons. The number of fused-ring (bicyclic) bond motifs is 15. The van der Waals surface area contributed by atoms with Gasteiger partial charge in [-0.3, -0.25) is 39.6 Å². The number of hydrogen-bond donors (Lipinski definition) is 0. The molecule has 0 N–H and O–H groups in total. The number of aryl methyl sites for hydroxylation is 1. The van der Waals surface area contributed by atoms with Crippen molar-refractivity contribution in [3.8, 4) is 0 Å². The van der Waals surface area contributed by atoms with Crippen molar-refractivity contribution in [3.05, 3.63) is 323 Å². The Bertz CT molecular complexity index is 6270. The van der Waals surface area contributed by atoms with E-state index >= 15 is 0 Å². The third kappa shape index (κ3) is 18.5. The smallest absolute Gasteiger partial charge is 0.0530 e. The number of allylic oxidation sites excluding steroid dienone is 5. The van der Waals surface area contributed by atoms with E-state index in [1.165, 1.54) is 155 Å². The molecule has 19 heteroatoms. The van der Waals surface area contributed by atoms with Crippen molar-refractivity contribution in [3.63, 3.8) is 0 Å². The molecule has 5 aliphatic rings. The Morgan fingerprint density at radius 3 is 1.00 bits per heavy atom. The Kier molecular flexibility index (Phi) is 27.1. The van der Waals surface area contributed by atoms with Gasteiger partial charge in [0.2, 0.25) is 0 Å². The highest BCUT2D eigenvalue weighted by Gasteiger charge is 2.34. The second-order valence-electron chi connectivity index (χ2n) is 34.4. The van der Waals surface area contributed by atoms with Gasteiger partial charge >= 0.3 is 0 Å². The molecule has 5 aliphatic heterocycles. The van der Waals surface area contributed by atoms with Crippen LogP contribution in [0.5, 0.6) is 0 Å². The van der Waals surface area contributed by atoms with Crippen molar-refractivity contribution in [1.82, 2.24) is 72.3 Å². The number of aromatic nitrogens is 10. The van der Waals surface area contributed by atoms with Crippen LogP contribution < -0.4 is 0 Å². The average molecular weight is 1740 g/mol. The molecule has 0 saturated carbocycles. The number of halogens is 4. The van der Waals surface area contributed by atoms with Gasteiger partial charge in [-0.25, -0.2) is 0 Å². The Morgan fingerprint density at radius 1 is 0.336 bits per heavy atom. The molecule has 15 heterocycles. The molecule has 5 aromatic carbocycles. The van der Waals surface area contributed by atoms with Crippen molar-refractivity contribution >= 4 is 160 Å². The summed E-state index contributed by atoms with van der Waals surface area (Å²) in [7, 11) is 11.0. The first-order chi connectivity index (χ1) is 60.5. The Balaban J connectivity index is 0.000000115. The summed E-state index contributed by atoms with van der Waals surface area (Å²) >= 11 is 25.2. The quantitative estimate of drug-likeness (QED) is 0.117. The van der Waals surface area contributed by atoms with Crippen LogP contribution in [0, 0.1) is 6.92 Å². The minimum atomic E-state index is 0.368. The molecule has 0 radical (unpaired) electrons. The fraction of sp³-hybridized carbons (Fsp3) is 0.292. The first-order valence-corrected chi connectivity index (χ1v) is 45.4. The van der Waals surface area contributed by atoms with E-state index in [1.807, 2.05) is 104 Å². The van der Waals surface area contributed by atoms with Gasteiger partial charge in [-0.1, -0.05) is 96.1 Å². The second-order valence-corrected chi connectivity index (χ2v) is 36.2. The average Bonchev–Trinajstić information content (AvgIpc) is 1.63. The number of likely N-dealkylation sites (N-methyl/N-ethyl adjacent to an activating group) is 5. The molecule has 20 rings (SSSR count). The Labute approximate surface area is 756 Å². The third-order valence-electron chi connectivity index (χ3n) is 26.1. The van der Waals surface area contributed by atoms with Gasteiger partial charge in [0.05, 0.1) is 39.7 Å². The summed E-state index contributed by atoms with van der Waals surface area (Å²) in [6.45, 7) is 27.2. The van der Waals surface area contributed by atoms with Crippen LogP contribution in [0.4, 0.5) is 0 Å². The highest BCUT2D eigenvalue weighted by atomic mass is 35.5. The molecule has 15 aromatic rings. The summed E-state index contributed by atoms with van der Waals surface area (Å²) in [5, 5.41) is 9.75. The van der Waals surface area contributed by atoms with Crippen molar-refractivity contribution in [2.75, 3.05) is 68.0 Å². The lowest BCUT2D eigenvalue weighted by atomic mass is 9.96. The maximum absolute atomic E-state index is 6.33. The standard InChI is InChI=1S/2C22H24ClN3.C21H22ClN3.C21H23N3.C20H20ClN3/c1-4-20-22-18(9-12-25(20)3)19-13-17(23)5-6-21(19)26(22)14-15(2)16-7-10-24-11-8-16;1-4-20-22-18(9-11-25(20)3)19-12-17(23)7-8-21(19)26(22)14-15(2)16-6-5-10-24-13-16;1-14(16-5-4-9-23-12-16)13-25-20-7-6-17(22)11-19(20)18-8-10-24(3)15(2)21(18)25;1-15-6-7-20-19(11-15)18-8-10-23(3)14-21(18)24(20)13-16(2)17-5-4-9-22-12-17;1-14(15-4-3-8-22-11-15)12-24-19-6-5-16(21)10-18(19)17-7-9-23(2)13-20(17)24/h5-8,10-11,13-14,20H,4,9,12H2,1-3H3;5-8,10,12-14,20H,4,9,11H2,1-3H3;4-7,9,11-13,15H,8,10H2,1-3H3;4-7,9,11-13H,8,10,14H2,1-3H3;3-6,8,10-12H,7,9,13H2,1-2H3/b2*15-14+;14-13+;16-13+;14-12+. The lowest BCUT2D eigenvalue weighted by molar-refractivity contribution is 0.220. The Hall–Kier alpha value is -10.8. The number of nitrogens with zero attached hydrogens (tertiary/aromatic N) is 15. The van der Waals surface area contributed by atoms with Crippen molar-refractivity contribution in [2.24, 2.45) is 0 Å². The first kappa shape index (κ1) is 87.7. The predicted octanol–water partition coefficient (Wildman–Crippen LogP) is 25.6. The molecule has 0 bridgehead atoms. The zero-order valence-electron chi connectivity index (χ0n) is 74.4. The zero-order chi connectivity index (χ0) is 87.4. The largest absolute Gasteiger partial charge is 0.318 e. The van der Waals surface area contributed by atoms with Gasteiger partial charge in [-0.15, -0.1) is 0 Å². The maximum atomic E-state index is 6.33. The van der Waals surface area contributed by atoms with Crippen LogP contribution in [0.3, 0.4) is 0 Å². The van der Waals surface area contributed by atoms with Crippen LogP contribution in [0.25, 0.3) is 113 Å². The number of pyridine rings is 5. The Morgan fingerprint density at radius 2 is 0.640 bits per heavy atom. The van der Waals surface area contributed by atoms with Crippen molar-refractivity contribution in [2.45, 2.75) is 138 Å². The van der Waals surface area contributed by atoms with E-state index in [9.17, 15) is 0 Å². The summed E-state index contributed by atoms with van der Waals surface area (Å²) in [5.74, 6) is 0. The monoisotopic (exact) mass is 1740 g/mol. The van der Waals surface area contributed by atoms with Gasteiger partial charge in [0.15, 0.2) is 0 Å². The molecule has 10 aromatic heterocycles. The highest BCUT2D eigenvalue weighted by molar-refractivity contribution is 6.32. The number of hydrogen-bond acceptors (Lipinski definition) is 10. The fourth-order valence-corrected chi connectivity index (χ4v) is 20.0. The summed E-state index contributed by atoms with van der Waals surface area (Å²) in [6, 6.07) is 53.4. The molecule has 125 heavy (non-hydrogen) atoms. The number of benzene rings is 5. The summed E-state index contributed by atoms with van der Waals surface area (Å²) < 4.78 is 11.8. The maximum Gasteiger partial charge on any atom is 0.0530 e. The van der Waals surface area contributed by atoms with Crippen LogP contribution in [0.1, 0.15) is 176 Å². The molecule has 0 aliphatic carbocycles. The molecule has 3 unspecified atom stereocenters. The normalized spacial score (nSPS) is 17.4. The van der Waals surface area contributed by atoms with E-state index in [4.69, 9.17) is 46.4 Å². The molecule has 3 atom stereocenters. The molecule has 0 fully saturated rings. The summed E-state index contributed by atoms with van der Waals surface area (Å²) in [4.78, 5) is 33.2. The molecular weight excluding hydrogens is 1630 g/mol. The van der Waals surface area contributed by atoms with Crippen LogP contribution in [0.2, 0.25) is 20.1 Å². The van der Waals surface area contributed by atoms with E-state index in [2.05, 4.69) is 304 Å². The van der Waals surface area contributed by atoms with Crippen LogP contribution in [-0.2, 0) is 45.2 Å². The van der Waals surface area contributed by atoms with E-state index in [1.54, 1.807) is 6.20 Å². The highest BCUT2D eigenvalue weighted by Crippen LogP contribution is 2.45. The van der Waals surface area contributed by atoms with Gasteiger partial charge < -0.3 is 32.6 Å². The van der Waals surface area contributed by atoms with Crippen LogP contribution in [0.15, 0.2) is 214 Å². The van der Waals surface area contributed by atoms with E-state index in [0.717, 1.165) is 128 Å². The second kappa shape index (κ2) is 38.6. The lowest BCUT2D eigenvalue weighted by Crippen LogP contribution is -2.32. The van der Waals surface area contributed by atoms with Gasteiger partial charge in [0.1, 0.15) is 0 Å². The SMILES string of the molecule is C/C(=C\n1c2c(c3cc(C)ccc31)CCN(C)C2)c1cccnc1.C/C(=C\n1c2c(c3cc(Cl)ccc31)CCN(C)C2)c1cccnc1.C/C(=C\n1c2c(c3cc(Cl)ccc31)CCN(C)C2C)c1cccnc1.CCC1c2c(c3cc(Cl)ccc3n2/C=C(\C)c2cccnc2)CCN1C.CCC1c2c(c3cc(Cl)ccc3n2/C=C(\C)c2ccncc2)CCN1C. The van der Waals surface area contributed by atoms with Gasteiger partial charge in [-0.05, 0) is 333 Å². The molecule has 0 amide bonds. The van der Waals surface area contributed by atoms with Crippen molar-refractivity contribution in [1.29, 1.82) is 0 Å². The van der Waals surface area contributed by atoms with Gasteiger partial charge in [0.25, 0.3) is 0 Å². The predicted molar refractivity (Wildman–Crippen MR) is 528 cm³/mol. The fourth-order valence-electron chi connectivity index (χ4n) is 19.3. The minimum absolute atomic E-state index is 0.368. The van der Waals surface area contributed by atoms with Gasteiger partial charge in [0, 0.05) is 220 Å². The molecule has 0 saturated heterocycles.